The highest BCUT2D eigenvalue weighted by atomic mass is 19.1. The lowest BCUT2D eigenvalue weighted by Crippen LogP contribution is -2.14. The van der Waals surface area contributed by atoms with Crippen LogP contribution in [0.1, 0.15) is 0 Å². The Bertz CT molecular complexity index is 250. The Morgan fingerprint density at radius 2 is 2.18 bits per heavy atom. The van der Waals surface area contributed by atoms with Gasteiger partial charge in [0, 0.05) is 6.07 Å². The van der Waals surface area contributed by atoms with Crippen molar-refractivity contribution in [2.24, 2.45) is 0 Å². The largest absolute Gasteiger partial charge is 0.497 e. The summed E-state index contributed by atoms with van der Waals surface area (Å²) in [5.74, 6) is 0.306. The standard InChI is InChI=1S/C8H9BFO/c1-9-7-4-3-6(11-2)5-8(7)10/h3-5H,1-2H3. The highest BCUT2D eigenvalue weighted by Gasteiger charge is 2.00. The second-order valence-corrected chi connectivity index (χ2v) is 2.18. The molecule has 1 radical (unpaired) electrons. The van der Waals surface area contributed by atoms with Crippen molar-refractivity contribution in [3.05, 3.63) is 24.0 Å². The summed E-state index contributed by atoms with van der Waals surface area (Å²) < 4.78 is 17.8. The lowest BCUT2D eigenvalue weighted by Gasteiger charge is -2.01. The molecule has 0 aliphatic rings. The van der Waals surface area contributed by atoms with Gasteiger partial charge in [-0.25, -0.2) is 4.39 Å². The van der Waals surface area contributed by atoms with Crippen LogP contribution in [-0.2, 0) is 0 Å². The van der Waals surface area contributed by atoms with Crippen LogP contribution in [0.25, 0.3) is 0 Å². The van der Waals surface area contributed by atoms with Crippen LogP contribution in [0.5, 0.6) is 5.75 Å². The summed E-state index contributed by atoms with van der Waals surface area (Å²) >= 11 is 0. The summed E-state index contributed by atoms with van der Waals surface area (Å²) in [4.78, 5) is 0. The Balaban J connectivity index is 2.99. The van der Waals surface area contributed by atoms with Gasteiger partial charge in [0.15, 0.2) is 7.28 Å². The maximum atomic E-state index is 12.9. The predicted molar refractivity (Wildman–Crippen MR) is 44.2 cm³/mol. The average molecular weight is 151 g/mol. The minimum absolute atomic E-state index is 0.244. The first-order valence-electron chi connectivity index (χ1n) is 3.41. The van der Waals surface area contributed by atoms with Crippen molar-refractivity contribution in [3.8, 4) is 5.75 Å². The second-order valence-electron chi connectivity index (χ2n) is 2.18. The van der Waals surface area contributed by atoms with Gasteiger partial charge in [0.1, 0.15) is 11.6 Å². The minimum atomic E-state index is -0.244. The van der Waals surface area contributed by atoms with Crippen LogP contribution in [-0.4, -0.2) is 14.4 Å². The number of hydrogen-bond donors (Lipinski definition) is 0. The molecule has 0 heterocycles. The van der Waals surface area contributed by atoms with Crippen molar-refractivity contribution in [1.29, 1.82) is 0 Å². The summed E-state index contributed by atoms with van der Waals surface area (Å²) in [6, 6.07) is 4.79. The maximum absolute atomic E-state index is 12.9. The van der Waals surface area contributed by atoms with E-state index in [2.05, 4.69) is 0 Å². The zero-order valence-electron chi connectivity index (χ0n) is 6.60. The van der Waals surface area contributed by atoms with Crippen molar-refractivity contribution in [3.63, 3.8) is 0 Å². The molecule has 0 aliphatic heterocycles. The molecule has 0 unspecified atom stereocenters. The van der Waals surface area contributed by atoms with Gasteiger partial charge in [0.05, 0.1) is 7.11 Å². The fourth-order valence-electron chi connectivity index (χ4n) is 0.869. The number of ether oxygens (including phenoxy) is 1. The zero-order valence-corrected chi connectivity index (χ0v) is 6.60. The van der Waals surface area contributed by atoms with E-state index >= 15 is 0 Å². The monoisotopic (exact) mass is 151 g/mol. The summed E-state index contributed by atoms with van der Waals surface area (Å²) in [5, 5.41) is 0. The minimum Gasteiger partial charge on any atom is -0.497 e. The van der Waals surface area contributed by atoms with Gasteiger partial charge in [-0.15, -0.1) is 0 Å². The van der Waals surface area contributed by atoms with Gasteiger partial charge in [-0.1, -0.05) is 18.4 Å². The molecule has 0 spiro atoms. The van der Waals surface area contributed by atoms with E-state index in [1.165, 1.54) is 13.2 Å². The van der Waals surface area contributed by atoms with Crippen molar-refractivity contribution in [1.82, 2.24) is 0 Å². The van der Waals surface area contributed by atoms with Crippen LogP contribution in [0.3, 0.4) is 0 Å². The molecule has 0 saturated carbocycles. The van der Waals surface area contributed by atoms with E-state index in [1.807, 2.05) is 0 Å². The molecule has 0 aliphatic carbocycles. The first-order chi connectivity index (χ1) is 5.27. The summed E-state index contributed by atoms with van der Waals surface area (Å²) in [6.07, 6.45) is 0. The van der Waals surface area contributed by atoms with Gasteiger partial charge in [0.2, 0.25) is 0 Å². The fourth-order valence-corrected chi connectivity index (χ4v) is 0.869. The summed E-state index contributed by atoms with van der Waals surface area (Å²) in [5.41, 5.74) is 0.603. The number of halogens is 1. The molecule has 0 atom stereocenters. The molecular weight excluding hydrogens is 142 g/mol. The Morgan fingerprint density at radius 1 is 1.45 bits per heavy atom. The van der Waals surface area contributed by atoms with Gasteiger partial charge < -0.3 is 4.74 Å². The van der Waals surface area contributed by atoms with E-state index in [-0.39, 0.29) is 5.82 Å². The van der Waals surface area contributed by atoms with E-state index in [0.29, 0.717) is 11.2 Å². The third kappa shape index (κ3) is 1.73. The highest BCUT2D eigenvalue weighted by Crippen LogP contribution is 2.08. The lowest BCUT2D eigenvalue weighted by molar-refractivity contribution is 0.411. The van der Waals surface area contributed by atoms with E-state index in [0.717, 1.165) is 0 Å². The van der Waals surface area contributed by atoms with Crippen LogP contribution < -0.4 is 10.2 Å². The van der Waals surface area contributed by atoms with Crippen molar-refractivity contribution < 1.29 is 9.13 Å². The number of rotatable bonds is 2. The second kappa shape index (κ2) is 3.42. The van der Waals surface area contributed by atoms with Crippen molar-refractivity contribution >= 4 is 12.7 Å². The Kier molecular flexibility index (Phi) is 2.52. The number of benzene rings is 1. The predicted octanol–water partition coefficient (Wildman–Crippen LogP) is 1.21. The summed E-state index contributed by atoms with van der Waals surface area (Å²) in [6.45, 7) is 1.80. The number of methoxy groups -OCH3 is 1. The molecule has 0 saturated heterocycles. The maximum Gasteiger partial charge on any atom is 0.152 e. The Labute approximate surface area is 66.4 Å². The summed E-state index contributed by atoms with van der Waals surface area (Å²) in [7, 11) is 3.24. The molecule has 1 nitrogen and oxygen atoms in total. The normalized spacial score (nSPS) is 9.36. The van der Waals surface area contributed by atoms with Crippen molar-refractivity contribution in [2.45, 2.75) is 6.82 Å². The lowest BCUT2D eigenvalue weighted by atomic mass is 9.73. The van der Waals surface area contributed by atoms with Gasteiger partial charge in [-0.05, 0) is 6.07 Å². The van der Waals surface area contributed by atoms with Crippen LogP contribution >= 0.6 is 0 Å². The first-order valence-corrected chi connectivity index (χ1v) is 3.41. The zero-order chi connectivity index (χ0) is 8.27. The molecular formula is C8H9BFO. The molecule has 0 bridgehead atoms. The third-order valence-corrected chi connectivity index (χ3v) is 1.52. The Morgan fingerprint density at radius 3 is 2.64 bits per heavy atom. The first kappa shape index (κ1) is 8.11. The average Bonchev–Trinajstić information content (AvgIpc) is 2.04. The molecule has 0 aromatic heterocycles. The van der Waals surface area contributed by atoms with Crippen molar-refractivity contribution in [2.75, 3.05) is 7.11 Å². The molecule has 0 amide bonds. The van der Waals surface area contributed by atoms with Gasteiger partial charge in [-0.3, -0.25) is 0 Å². The highest BCUT2D eigenvalue weighted by molar-refractivity contribution is 6.52. The quantitative estimate of drug-likeness (QED) is 0.577. The van der Waals surface area contributed by atoms with Gasteiger partial charge >= 0.3 is 0 Å². The molecule has 1 rings (SSSR count). The van der Waals surface area contributed by atoms with E-state index < -0.39 is 0 Å². The molecule has 1 aromatic rings. The van der Waals surface area contributed by atoms with Crippen LogP contribution in [0.4, 0.5) is 4.39 Å². The molecule has 57 valence electrons. The van der Waals surface area contributed by atoms with Crippen LogP contribution in [0.2, 0.25) is 6.82 Å². The van der Waals surface area contributed by atoms with E-state index in [1.54, 1.807) is 26.2 Å². The molecule has 0 fully saturated rings. The van der Waals surface area contributed by atoms with E-state index in [4.69, 9.17) is 4.74 Å². The van der Waals surface area contributed by atoms with Gasteiger partial charge in [0.25, 0.3) is 0 Å². The number of hydrogen-bond acceptors (Lipinski definition) is 1. The topological polar surface area (TPSA) is 9.23 Å². The molecule has 3 heteroatoms. The fraction of sp³-hybridized carbons (Fsp3) is 0.250. The Hall–Kier alpha value is -0.985. The molecule has 1 aromatic carbocycles. The molecule has 11 heavy (non-hydrogen) atoms. The van der Waals surface area contributed by atoms with Crippen LogP contribution in [0, 0.1) is 5.82 Å². The third-order valence-electron chi connectivity index (χ3n) is 1.52. The SMILES string of the molecule is C[B]c1ccc(OC)cc1F. The van der Waals surface area contributed by atoms with Crippen LogP contribution in [0.15, 0.2) is 18.2 Å². The molecule has 0 N–H and O–H groups in total. The smallest absolute Gasteiger partial charge is 0.152 e. The van der Waals surface area contributed by atoms with E-state index in [9.17, 15) is 4.39 Å². The van der Waals surface area contributed by atoms with Gasteiger partial charge in [-0.2, -0.15) is 0 Å².